The van der Waals surface area contributed by atoms with Crippen molar-refractivity contribution in [1.29, 1.82) is 0 Å². The van der Waals surface area contributed by atoms with E-state index in [1.165, 1.54) is 12.1 Å². The Morgan fingerprint density at radius 2 is 1.53 bits per heavy atom. The molecule has 0 saturated carbocycles. The van der Waals surface area contributed by atoms with Gasteiger partial charge >= 0.3 is 19.4 Å². The zero-order valence-corrected chi connectivity index (χ0v) is 27.5. The normalized spacial score (nSPS) is 19.4. The summed E-state index contributed by atoms with van der Waals surface area (Å²) >= 11 is 0. The van der Waals surface area contributed by atoms with Gasteiger partial charge in [0.1, 0.15) is 5.60 Å². The number of piperazine rings is 1. The van der Waals surface area contributed by atoms with Gasteiger partial charge in [-0.15, -0.1) is 0 Å². The average molecular weight is 632 g/mol. The number of carbonyl (C=O) groups excluding carboxylic acids is 2. The molecule has 2 aromatic carbocycles. The molecule has 8 nitrogen and oxygen atoms in total. The molecular formula is C33H45BF3N3O5. The van der Waals surface area contributed by atoms with Crippen LogP contribution in [-0.4, -0.2) is 71.9 Å². The summed E-state index contributed by atoms with van der Waals surface area (Å²) in [5, 5.41) is 2.65. The van der Waals surface area contributed by atoms with Gasteiger partial charge in [0, 0.05) is 44.8 Å². The standard InChI is InChI=1S/C33H45BF3N3O5/c1-22(23-9-12-25(13-10-23)34-44-31(5,6)32(7,8)45-34)19-28(41)38-26-14-11-24(27(20-26)33(35,36)37)21-39-15-17-40(18-16-39)29(42)43-30(2,3)4/h9-14,20,22H,15-19,21H2,1-8H3,(H,38,41). The molecule has 2 aliphatic heterocycles. The molecule has 1 N–H and O–H groups in total. The summed E-state index contributed by atoms with van der Waals surface area (Å²) < 4.78 is 59.9. The summed E-state index contributed by atoms with van der Waals surface area (Å²) in [6.07, 6.45) is -4.92. The highest BCUT2D eigenvalue weighted by molar-refractivity contribution is 6.62. The average Bonchev–Trinajstić information content (AvgIpc) is 3.14. The highest BCUT2D eigenvalue weighted by atomic mass is 19.4. The second-order valence-corrected chi connectivity index (χ2v) is 14.0. The van der Waals surface area contributed by atoms with E-state index in [4.69, 9.17) is 14.0 Å². The van der Waals surface area contributed by atoms with Crippen LogP contribution < -0.4 is 10.8 Å². The quantitative estimate of drug-likeness (QED) is 0.368. The van der Waals surface area contributed by atoms with Crippen molar-refractivity contribution < 1.29 is 36.8 Å². The van der Waals surface area contributed by atoms with Gasteiger partial charge in [-0.2, -0.15) is 13.2 Å². The van der Waals surface area contributed by atoms with Crippen LogP contribution >= 0.6 is 0 Å². The zero-order valence-electron chi connectivity index (χ0n) is 27.5. The second-order valence-electron chi connectivity index (χ2n) is 14.0. The van der Waals surface area contributed by atoms with Crippen molar-refractivity contribution in [1.82, 2.24) is 9.80 Å². The van der Waals surface area contributed by atoms with E-state index in [2.05, 4.69) is 5.32 Å². The maximum atomic E-state index is 14.1. The Kier molecular flexibility index (Phi) is 10.0. The summed E-state index contributed by atoms with van der Waals surface area (Å²) in [4.78, 5) is 28.6. The monoisotopic (exact) mass is 631 g/mol. The molecule has 2 aliphatic rings. The SMILES string of the molecule is CC(CC(=O)Nc1ccc(CN2CCN(C(=O)OC(C)(C)C)CC2)c(C(F)(F)F)c1)c1ccc(B2OC(C)(C)C(C)(C)O2)cc1. The Hall–Kier alpha value is -3.09. The van der Waals surface area contributed by atoms with Crippen molar-refractivity contribution in [3.8, 4) is 0 Å². The fourth-order valence-electron chi connectivity index (χ4n) is 5.28. The van der Waals surface area contributed by atoms with Gasteiger partial charge in [-0.3, -0.25) is 9.69 Å². The van der Waals surface area contributed by atoms with Crippen molar-refractivity contribution in [3.63, 3.8) is 0 Å². The molecule has 0 aromatic heterocycles. The minimum atomic E-state index is -4.60. The van der Waals surface area contributed by atoms with E-state index in [1.807, 2.05) is 63.8 Å². The number of rotatable bonds is 7. The Morgan fingerprint density at radius 3 is 2.07 bits per heavy atom. The molecular weight excluding hydrogens is 586 g/mol. The first-order valence-electron chi connectivity index (χ1n) is 15.4. The van der Waals surface area contributed by atoms with Gasteiger partial charge in [0.2, 0.25) is 5.91 Å². The molecule has 0 radical (unpaired) electrons. The van der Waals surface area contributed by atoms with Crippen molar-refractivity contribution in [2.24, 2.45) is 0 Å². The number of amides is 2. The van der Waals surface area contributed by atoms with Crippen LogP contribution in [0.1, 0.15) is 84.4 Å². The number of halogens is 3. The first-order chi connectivity index (χ1) is 20.7. The first kappa shape index (κ1) is 34.8. The Morgan fingerprint density at radius 1 is 0.956 bits per heavy atom. The fraction of sp³-hybridized carbons (Fsp3) is 0.576. The predicted octanol–water partition coefficient (Wildman–Crippen LogP) is 6.19. The topological polar surface area (TPSA) is 80.3 Å². The molecule has 2 fully saturated rings. The van der Waals surface area contributed by atoms with E-state index in [9.17, 15) is 22.8 Å². The van der Waals surface area contributed by atoms with Crippen molar-refractivity contribution in [2.45, 2.75) is 97.3 Å². The van der Waals surface area contributed by atoms with E-state index >= 15 is 0 Å². The number of hydrogen-bond acceptors (Lipinski definition) is 6. The number of hydrogen-bond donors (Lipinski definition) is 1. The van der Waals surface area contributed by atoms with Crippen LogP contribution in [0.3, 0.4) is 0 Å². The molecule has 2 heterocycles. The third kappa shape index (κ3) is 8.80. The second kappa shape index (κ2) is 13.0. The Bertz CT molecular complexity index is 1350. The Labute approximate surface area is 264 Å². The molecule has 1 unspecified atom stereocenters. The number of nitrogens with zero attached hydrogens (tertiary/aromatic N) is 2. The number of carbonyl (C=O) groups is 2. The van der Waals surface area contributed by atoms with Gasteiger partial charge in [0.25, 0.3) is 0 Å². The van der Waals surface area contributed by atoms with Crippen LogP contribution in [0, 0.1) is 0 Å². The maximum Gasteiger partial charge on any atom is 0.494 e. The van der Waals surface area contributed by atoms with Gasteiger partial charge < -0.3 is 24.3 Å². The predicted molar refractivity (Wildman–Crippen MR) is 168 cm³/mol. The minimum Gasteiger partial charge on any atom is -0.444 e. The summed E-state index contributed by atoms with van der Waals surface area (Å²) in [7, 11) is -0.490. The molecule has 4 rings (SSSR count). The lowest BCUT2D eigenvalue weighted by molar-refractivity contribution is -0.138. The van der Waals surface area contributed by atoms with Crippen LogP contribution in [0.25, 0.3) is 0 Å². The van der Waals surface area contributed by atoms with Crippen LogP contribution in [-0.2, 0) is 31.6 Å². The smallest absolute Gasteiger partial charge is 0.444 e. The largest absolute Gasteiger partial charge is 0.494 e. The molecule has 2 amide bonds. The van der Waals surface area contributed by atoms with Crippen molar-refractivity contribution >= 4 is 30.3 Å². The third-order valence-corrected chi connectivity index (χ3v) is 8.64. The van der Waals surface area contributed by atoms with Gasteiger partial charge in [0.15, 0.2) is 0 Å². The molecule has 2 saturated heterocycles. The minimum absolute atomic E-state index is 0.0736. The summed E-state index contributed by atoms with van der Waals surface area (Å²) in [6, 6.07) is 11.6. The molecule has 1 atom stereocenters. The lowest BCUT2D eigenvalue weighted by Gasteiger charge is -2.36. The van der Waals surface area contributed by atoms with E-state index in [0.717, 1.165) is 17.1 Å². The fourth-order valence-corrected chi connectivity index (χ4v) is 5.28. The van der Waals surface area contributed by atoms with E-state index < -0.39 is 41.8 Å². The molecule has 0 spiro atoms. The highest BCUT2D eigenvalue weighted by Gasteiger charge is 2.51. The maximum absolute atomic E-state index is 14.1. The van der Waals surface area contributed by atoms with Crippen LogP contribution in [0.4, 0.5) is 23.7 Å². The van der Waals surface area contributed by atoms with Crippen LogP contribution in [0.2, 0.25) is 0 Å². The molecule has 45 heavy (non-hydrogen) atoms. The molecule has 0 aliphatic carbocycles. The highest BCUT2D eigenvalue weighted by Crippen LogP contribution is 2.37. The summed E-state index contributed by atoms with van der Waals surface area (Å²) in [5.74, 6) is -0.547. The number of benzene rings is 2. The molecule has 246 valence electrons. The number of anilines is 1. The lowest BCUT2D eigenvalue weighted by Crippen LogP contribution is -2.49. The van der Waals surface area contributed by atoms with Crippen LogP contribution in [0.15, 0.2) is 42.5 Å². The van der Waals surface area contributed by atoms with Gasteiger partial charge in [-0.05, 0) is 83.1 Å². The number of ether oxygens (including phenoxy) is 1. The third-order valence-electron chi connectivity index (χ3n) is 8.64. The van der Waals surface area contributed by atoms with E-state index in [-0.39, 0.29) is 36.0 Å². The summed E-state index contributed by atoms with van der Waals surface area (Å²) in [6.45, 7) is 16.9. The number of alkyl halides is 3. The number of nitrogens with one attached hydrogen (secondary N) is 1. The summed E-state index contributed by atoms with van der Waals surface area (Å²) in [5.41, 5.74) is -0.318. The molecule has 12 heteroatoms. The van der Waals surface area contributed by atoms with Gasteiger partial charge in [0.05, 0.1) is 16.8 Å². The zero-order chi connectivity index (χ0) is 33.4. The first-order valence-corrected chi connectivity index (χ1v) is 15.4. The van der Waals surface area contributed by atoms with Crippen LogP contribution in [0.5, 0.6) is 0 Å². The Balaban J connectivity index is 1.34. The van der Waals surface area contributed by atoms with Crippen molar-refractivity contribution in [3.05, 3.63) is 59.2 Å². The lowest BCUT2D eigenvalue weighted by atomic mass is 9.78. The van der Waals surface area contributed by atoms with Gasteiger partial charge in [-0.1, -0.05) is 37.3 Å². The van der Waals surface area contributed by atoms with Gasteiger partial charge in [-0.25, -0.2) is 4.79 Å². The van der Waals surface area contributed by atoms with Crippen molar-refractivity contribution in [2.75, 3.05) is 31.5 Å². The molecule has 0 bridgehead atoms. The van der Waals surface area contributed by atoms with E-state index in [0.29, 0.717) is 26.2 Å². The van der Waals surface area contributed by atoms with E-state index in [1.54, 1.807) is 25.7 Å². The molecule has 2 aromatic rings.